The maximum Gasteiger partial charge on any atom is 0.319 e. The zero-order chi connectivity index (χ0) is 20.1. The minimum Gasteiger partial charge on any atom is -0.351 e. The molecule has 0 bridgehead atoms. The molecule has 0 spiro atoms. The van der Waals surface area contributed by atoms with Crippen LogP contribution in [0, 0.1) is 0 Å². The molecule has 0 radical (unpaired) electrons. The van der Waals surface area contributed by atoms with Crippen molar-refractivity contribution in [2.75, 3.05) is 7.05 Å². The molecule has 0 aliphatic heterocycles. The number of likely N-dealkylation sites (N-methyl/N-ethyl adjacent to an activating group) is 1. The third-order valence-corrected chi connectivity index (χ3v) is 4.71. The molecule has 1 unspecified atom stereocenters. The maximum absolute atomic E-state index is 12.1. The average molecular weight is 378 g/mol. The van der Waals surface area contributed by atoms with Crippen molar-refractivity contribution in [2.24, 2.45) is 5.73 Å². The molecule has 28 heavy (non-hydrogen) atoms. The van der Waals surface area contributed by atoms with E-state index in [1.54, 1.807) is 6.92 Å². The smallest absolute Gasteiger partial charge is 0.319 e. The van der Waals surface area contributed by atoms with Crippen molar-refractivity contribution in [3.8, 4) is 16.9 Å². The van der Waals surface area contributed by atoms with Crippen LogP contribution in [0.4, 0.5) is 4.79 Å². The lowest BCUT2D eigenvalue weighted by atomic mass is 10.1. The number of primary amides is 1. The van der Waals surface area contributed by atoms with Crippen molar-refractivity contribution >= 4 is 11.9 Å². The summed E-state index contributed by atoms with van der Waals surface area (Å²) in [5.74, 6) is -0.401. The Kier molecular flexibility index (Phi) is 5.86. The van der Waals surface area contributed by atoms with Crippen molar-refractivity contribution in [1.29, 1.82) is 0 Å². The van der Waals surface area contributed by atoms with Crippen molar-refractivity contribution in [1.82, 2.24) is 15.1 Å². The molecule has 0 saturated heterocycles. The van der Waals surface area contributed by atoms with Crippen LogP contribution in [0.25, 0.3) is 16.9 Å². The quantitative estimate of drug-likeness (QED) is 0.600. The van der Waals surface area contributed by atoms with E-state index in [4.69, 9.17) is 10.8 Å². The number of benzene rings is 2. The van der Waals surface area contributed by atoms with Gasteiger partial charge < -0.3 is 10.6 Å². The normalized spacial score (nSPS) is 12.9. The Morgan fingerprint density at radius 3 is 2.32 bits per heavy atom. The molecule has 0 fully saturated rings. The highest BCUT2D eigenvalue weighted by Gasteiger charge is 2.25. The van der Waals surface area contributed by atoms with Gasteiger partial charge in [-0.2, -0.15) is 5.10 Å². The first kappa shape index (κ1) is 19.3. The first-order valence-electron chi connectivity index (χ1n) is 9.07. The van der Waals surface area contributed by atoms with Crippen LogP contribution in [0.3, 0.4) is 0 Å². The van der Waals surface area contributed by atoms with Gasteiger partial charge in [-0.25, -0.2) is 9.48 Å². The van der Waals surface area contributed by atoms with E-state index in [0.717, 1.165) is 27.4 Å². The highest BCUT2D eigenvalue weighted by Crippen LogP contribution is 2.23. The molecule has 4 N–H and O–H groups in total. The van der Waals surface area contributed by atoms with Gasteiger partial charge in [-0.15, -0.1) is 0 Å². The van der Waals surface area contributed by atoms with Crippen molar-refractivity contribution < 1.29 is 14.5 Å². The molecule has 1 aromatic heterocycles. The molecule has 0 saturated carbocycles. The Labute approximate surface area is 163 Å². The molecule has 144 valence electrons. The van der Waals surface area contributed by atoms with Crippen molar-refractivity contribution in [3.63, 3.8) is 0 Å². The number of aromatic nitrogens is 2. The van der Waals surface area contributed by atoms with Crippen molar-refractivity contribution in [3.05, 3.63) is 72.4 Å². The van der Waals surface area contributed by atoms with Gasteiger partial charge in [0.1, 0.15) is 12.2 Å². The summed E-state index contributed by atoms with van der Waals surface area (Å²) in [4.78, 5) is 24.0. The van der Waals surface area contributed by atoms with Gasteiger partial charge in [0.25, 0.3) is 5.91 Å². The predicted molar refractivity (Wildman–Crippen MR) is 107 cm³/mol. The van der Waals surface area contributed by atoms with E-state index in [-0.39, 0.29) is 0 Å². The van der Waals surface area contributed by atoms with Crippen LogP contribution in [-0.2, 0) is 11.3 Å². The molecule has 0 aliphatic rings. The van der Waals surface area contributed by atoms with Gasteiger partial charge in [0, 0.05) is 11.8 Å². The van der Waals surface area contributed by atoms with Crippen molar-refractivity contribution in [2.45, 2.75) is 19.5 Å². The number of carbonyl (C=O) groups is 2. The number of nitrogens with one attached hydrogen (secondary N) is 2. The predicted octanol–water partition coefficient (Wildman–Crippen LogP) is 1.14. The number of hydrogen-bond donors (Lipinski definition) is 3. The third kappa shape index (κ3) is 4.44. The Balaban J connectivity index is 1.91. The fourth-order valence-corrected chi connectivity index (χ4v) is 3.00. The first-order chi connectivity index (χ1) is 13.5. The zero-order valence-electron chi connectivity index (χ0n) is 15.9. The number of para-hydroxylation sites is 1. The number of hydrogen-bond acceptors (Lipinski definition) is 3. The van der Waals surface area contributed by atoms with Crippen LogP contribution in [-0.4, -0.2) is 34.8 Å². The van der Waals surface area contributed by atoms with Gasteiger partial charge in [0.15, 0.2) is 6.04 Å². The summed E-state index contributed by atoms with van der Waals surface area (Å²) >= 11 is 0. The Bertz CT molecular complexity index is 953. The monoisotopic (exact) mass is 378 g/mol. The minimum atomic E-state index is -0.841. The van der Waals surface area contributed by atoms with E-state index in [1.165, 1.54) is 0 Å². The standard InChI is InChI=1S/C21H23N5O2/c1-15(20(27)23-21(22)28)25(2)13-17-14-26(18-11-7-4-8-12-18)24-19(17)16-9-5-3-6-10-16/h3-12,14-15H,13H2,1-2H3,(H3,22,23,27,28)/p+1/t15-/m1/s1. The average Bonchev–Trinajstić information content (AvgIpc) is 3.12. The lowest BCUT2D eigenvalue weighted by molar-refractivity contribution is -0.908. The molecule has 3 rings (SSSR count). The van der Waals surface area contributed by atoms with Gasteiger partial charge in [0.05, 0.1) is 18.3 Å². The van der Waals surface area contributed by atoms with Crippen LogP contribution < -0.4 is 16.0 Å². The summed E-state index contributed by atoms with van der Waals surface area (Å²) in [5, 5.41) is 6.93. The molecular formula is C21H24N5O2+. The highest BCUT2D eigenvalue weighted by molar-refractivity contribution is 5.95. The number of amides is 3. The molecular weight excluding hydrogens is 354 g/mol. The topological polar surface area (TPSA) is 94.5 Å². The van der Waals surface area contributed by atoms with E-state index in [1.807, 2.05) is 78.6 Å². The van der Waals surface area contributed by atoms with E-state index in [9.17, 15) is 9.59 Å². The second-order valence-corrected chi connectivity index (χ2v) is 6.75. The summed E-state index contributed by atoms with van der Waals surface area (Å²) in [6, 6.07) is 18.5. The van der Waals surface area contributed by atoms with Gasteiger partial charge in [-0.3, -0.25) is 10.1 Å². The largest absolute Gasteiger partial charge is 0.351 e. The molecule has 3 aromatic rings. The fourth-order valence-electron chi connectivity index (χ4n) is 3.00. The third-order valence-electron chi connectivity index (χ3n) is 4.71. The summed E-state index contributed by atoms with van der Waals surface area (Å²) in [6.07, 6.45) is 1.99. The Morgan fingerprint density at radius 2 is 1.71 bits per heavy atom. The van der Waals surface area contributed by atoms with E-state index in [0.29, 0.717) is 6.54 Å². The molecule has 7 heteroatoms. The lowest BCUT2D eigenvalue weighted by Crippen LogP contribution is -3.12. The summed E-state index contributed by atoms with van der Waals surface area (Å²) in [5.41, 5.74) is 8.90. The molecule has 0 aliphatic carbocycles. The Morgan fingerprint density at radius 1 is 1.11 bits per heavy atom. The van der Waals surface area contributed by atoms with Crippen LogP contribution in [0.1, 0.15) is 12.5 Å². The minimum absolute atomic E-state index is 0.401. The van der Waals surface area contributed by atoms with E-state index >= 15 is 0 Å². The van der Waals surface area contributed by atoms with E-state index in [2.05, 4.69) is 5.32 Å². The van der Waals surface area contributed by atoms with Crippen LogP contribution in [0.2, 0.25) is 0 Å². The number of nitrogens with two attached hydrogens (primary N) is 1. The number of nitrogens with zero attached hydrogens (tertiary/aromatic N) is 2. The van der Waals surface area contributed by atoms with Crippen LogP contribution in [0.5, 0.6) is 0 Å². The SMILES string of the molecule is C[C@H](C(=O)NC(N)=O)[NH+](C)Cc1cn(-c2ccccc2)nc1-c1ccccc1. The fraction of sp³-hybridized carbons (Fsp3) is 0.190. The van der Waals surface area contributed by atoms with Gasteiger partial charge in [-0.05, 0) is 19.1 Å². The number of rotatable bonds is 6. The molecule has 1 heterocycles. The number of urea groups is 1. The zero-order valence-corrected chi connectivity index (χ0v) is 15.9. The van der Waals surface area contributed by atoms with Gasteiger partial charge in [0.2, 0.25) is 0 Å². The summed E-state index contributed by atoms with van der Waals surface area (Å²) in [6.45, 7) is 2.32. The molecule has 3 amide bonds. The number of imide groups is 1. The first-order valence-corrected chi connectivity index (χ1v) is 9.07. The Hall–Kier alpha value is -3.45. The highest BCUT2D eigenvalue weighted by atomic mass is 16.2. The number of quaternary nitrogens is 1. The van der Waals surface area contributed by atoms with Crippen LogP contribution >= 0.6 is 0 Å². The van der Waals surface area contributed by atoms with E-state index < -0.39 is 18.0 Å². The molecule has 2 aromatic carbocycles. The van der Waals surface area contributed by atoms with Gasteiger partial charge in [-0.1, -0.05) is 48.5 Å². The molecule has 7 nitrogen and oxygen atoms in total. The summed E-state index contributed by atoms with van der Waals surface area (Å²) in [7, 11) is 1.90. The second kappa shape index (κ2) is 8.49. The molecule has 2 atom stereocenters. The second-order valence-electron chi connectivity index (χ2n) is 6.75. The maximum atomic E-state index is 12.1. The van der Waals surface area contributed by atoms with Crippen LogP contribution in [0.15, 0.2) is 66.9 Å². The summed E-state index contributed by atoms with van der Waals surface area (Å²) < 4.78 is 1.85. The van der Waals surface area contributed by atoms with Gasteiger partial charge >= 0.3 is 6.03 Å². The lowest BCUT2D eigenvalue weighted by Gasteiger charge is -2.20. The number of carbonyl (C=O) groups excluding carboxylic acids is 2.